The molecule has 7 atom stereocenters. The second-order valence-corrected chi connectivity index (χ2v) is 11.5. The molecule has 5 heteroatoms. The third-order valence-corrected chi connectivity index (χ3v) is 9.51. The zero-order valence-corrected chi connectivity index (χ0v) is 20.5. The first-order chi connectivity index (χ1) is 16.1. The van der Waals surface area contributed by atoms with E-state index in [9.17, 15) is 15.0 Å². The highest BCUT2D eigenvalue weighted by molar-refractivity contribution is 5.87. The summed E-state index contributed by atoms with van der Waals surface area (Å²) >= 11 is 0. The Morgan fingerprint density at radius 1 is 1.15 bits per heavy atom. The summed E-state index contributed by atoms with van der Waals surface area (Å²) in [5, 5.41) is 24.4. The van der Waals surface area contributed by atoms with E-state index in [-0.39, 0.29) is 17.8 Å². The number of ether oxygens (including phenoxy) is 1. The van der Waals surface area contributed by atoms with Crippen molar-refractivity contribution in [3.8, 4) is 0 Å². The van der Waals surface area contributed by atoms with E-state index in [0.717, 1.165) is 36.1 Å². The Kier molecular flexibility index (Phi) is 5.57. The molecule has 1 aromatic carbocycles. The lowest BCUT2D eigenvalue weighted by Crippen LogP contribution is -2.76. The Morgan fingerprint density at radius 3 is 2.62 bits per heavy atom. The van der Waals surface area contributed by atoms with Crippen LogP contribution in [0.5, 0.6) is 0 Å². The Balaban J connectivity index is 1.55. The van der Waals surface area contributed by atoms with Crippen molar-refractivity contribution in [1.82, 2.24) is 0 Å². The summed E-state index contributed by atoms with van der Waals surface area (Å²) in [5.74, 6) is 0.329. The van der Waals surface area contributed by atoms with Crippen molar-refractivity contribution in [2.75, 3.05) is 0 Å². The fourth-order valence-electron chi connectivity index (χ4n) is 7.72. The monoisotopic (exact) mass is 464 g/mol. The molecule has 1 heterocycles. The van der Waals surface area contributed by atoms with Gasteiger partial charge < -0.3 is 19.4 Å². The van der Waals surface area contributed by atoms with E-state index in [0.29, 0.717) is 6.42 Å². The minimum atomic E-state index is -1.38. The van der Waals surface area contributed by atoms with Gasteiger partial charge in [0.2, 0.25) is 0 Å². The van der Waals surface area contributed by atoms with E-state index < -0.39 is 34.6 Å². The fourth-order valence-corrected chi connectivity index (χ4v) is 7.72. The smallest absolute Gasteiger partial charge is 0.331 e. The maximum absolute atomic E-state index is 13.0. The average Bonchev–Trinajstić information content (AvgIpc) is 3.28. The molecule has 0 bridgehead atoms. The first kappa shape index (κ1) is 23.4. The highest BCUT2D eigenvalue weighted by Crippen LogP contribution is 2.67. The molecule has 2 aromatic rings. The zero-order valence-electron chi connectivity index (χ0n) is 20.5. The molecule has 5 nitrogen and oxygen atoms in total. The molecule has 0 unspecified atom stereocenters. The predicted octanol–water partition coefficient (Wildman–Crippen LogP) is 5.12. The van der Waals surface area contributed by atoms with Crippen LogP contribution in [-0.4, -0.2) is 34.0 Å². The van der Waals surface area contributed by atoms with E-state index >= 15 is 0 Å². The fraction of sp³-hybridized carbons (Fsp3) is 0.552. The summed E-state index contributed by atoms with van der Waals surface area (Å²) in [5.41, 5.74) is -0.450. The number of rotatable bonds is 3. The molecule has 0 aliphatic heterocycles. The quantitative estimate of drug-likeness (QED) is 0.487. The summed E-state index contributed by atoms with van der Waals surface area (Å²) in [6, 6.07) is 11.5. The summed E-state index contributed by atoms with van der Waals surface area (Å²) < 4.78 is 11.8. The van der Waals surface area contributed by atoms with Gasteiger partial charge in [-0.2, -0.15) is 0 Å². The van der Waals surface area contributed by atoms with Crippen LogP contribution in [-0.2, 0) is 16.0 Å². The molecule has 2 N–H and O–H groups in total. The number of aliphatic hydroxyl groups excluding tert-OH is 1. The van der Waals surface area contributed by atoms with Crippen molar-refractivity contribution in [3.05, 3.63) is 65.6 Å². The van der Waals surface area contributed by atoms with Gasteiger partial charge in [-0.3, -0.25) is 0 Å². The molecule has 182 valence electrons. The maximum Gasteiger partial charge on any atom is 0.331 e. The van der Waals surface area contributed by atoms with Crippen LogP contribution in [0.25, 0.3) is 6.08 Å². The maximum atomic E-state index is 13.0. The predicted molar refractivity (Wildman–Crippen MR) is 130 cm³/mol. The molecule has 0 spiro atoms. The van der Waals surface area contributed by atoms with E-state index in [1.807, 2.05) is 50.2 Å². The first-order valence-corrected chi connectivity index (χ1v) is 12.5. The molecule has 2 saturated carbocycles. The molecule has 34 heavy (non-hydrogen) atoms. The van der Waals surface area contributed by atoms with Crippen LogP contribution in [0.15, 0.2) is 53.2 Å². The summed E-state index contributed by atoms with van der Waals surface area (Å²) in [6.45, 7) is 8.34. The van der Waals surface area contributed by atoms with Gasteiger partial charge in [-0.1, -0.05) is 64.4 Å². The lowest BCUT2D eigenvalue weighted by Gasteiger charge is -2.68. The first-order valence-electron chi connectivity index (χ1n) is 12.5. The Hall–Kier alpha value is -2.37. The van der Waals surface area contributed by atoms with Crippen LogP contribution in [0.1, 0.15) is 69.8 Å². The van der Waals surface area contributed by atoms with Gasteiger partial charge >= 0.3 is 5.97 Å². The summed E-state index contributed by atoms with van der Waals surface area (Å²) in [7, 11) is 0. The van der Waals surface area contributed by atoms with Gasteiger partial charge in [-0.25, -0.2) is 4.79 Å². The van der Waals surface area contributed by atoms with Crippen LogP contribution in [0.4, 0.5) is 0 Å². The second-order valence-electron chi connectivity index (χ2n) is 11.5. The van der Waals surface area contributed by atoms with Crippen molar-refractivity contribution in [1.29, 1.82) is 0 Å². The van der Waals surface area contributed by atoms with Crippen molar-refractivity contribution in [2.24, 2.45) is 22.7 Å². The lowest BCUT2D eigenvalue weighted by molar-refractivity contribution is -0.315. The summed E-state index contributed by atoms with van der Waals surface area (Å²) in [6.07, 6.45) is 6.11. The van der Waals surface area contributed by atoms with Gasteiger partial charge in [-0.15, -0.1) is 0 Å². The van der Waals surface area contributed by atoms with Gasteiger partial charge in [0.25, 0.3) is 0 Å². The van der Waals surface area contributed by atoms with Gasteiger partial charge in [0.05, 0.1) is 12.4 Å². The topological polar surface area (TPSA) is 79.9 Å². The third kappa shape index (κ3) is 3.24. The van der Waals surface area contributed by atoms with E-state index in [1.54, 1.807) is 12.3 Å². The van der Waals surface area contributed by atoms with Crippen molar-refractivity contribution >= 4 is 12.0 Å². The number of furan rings is 1. The standard InChI is InChI=1S/C29H36O5/c1-18-20-13-16-33-22(20)17-21-24(18)25(31)26(29(32)27(2,3)14-8-15-28(21,29)4)34-23(30)12-11-19-9-6-5-7-10-19/h5-7,9-13,16,18,21,24-26,31-32H,8,14-15,17H2,1-4H3/t18-,21-,24-,25+,26+,28+,29+/m0/s1. The molecule has 0 amide bonds. The minimum absolute atomic E-state index is 0.0236. The van der Waals surface area contributed by atoms with E-state index in [4.69, 9.17) is 9.15 Å². The van der Waals surface area contributed by atoms with Crippen LogP contribution < -0.4 is 0 Å². The second kappa shape index (κ2) is 8.10. The average molecular weight is 465 g/mol. The third-order valence-electron chi connectivity index (χ3n) is 9.51. The number of carbonyl (C=O) groups excluding carboxylic acids is 1. The molecule has 1 aromatic heterocycles. The molecule has 3 aliphatic rings. The van der Waals surface area contributed by atoms with Gasteiger partial charge in [-0.05, 0) is 59.3 Å². The Labute approximate surface area is 201 Å². The Bertz CT molecular complexity index is 1080. The SMILES string of the molecule is C[C@H]1c2ccoc2C[C@H]2[C@H]1[C@@H](O)[C@@H](OC(=O)C=Cc1ccccc1)[C@@]1(O)C(C)(C)CCC[C@]21C. The highest BCUT2D eigenvalue weighted by Gasteiger charge is 2.73. The lowest BCUT2D eigenvalue weighted by atomic mass is 9.40. The number of hydrogen-bond donors (Lipinski definition) is 2. The number of aliphatic hydroxyl groups is 2. The van der Waals surface area contributed by atoms with Crippen LogP contribution in [0, 0.1) is 22.7 Å². The zero-order chi connectivity index (χ0) is 24.3. The number of esters is 1. The molecular weight excluding hydrogens is 428 g/mol. The van der Waals surface area contributed by atoms with Crippen molar-refractivity contribution in [3.63, 3.8) is 0 Å². The van der Waals surface area contributed by atoms with Gasteiger partial charge in [0, 0.05) is 17.9 Å². The highest BCUT2D eigenvalue weighted by atomic mass is 16.6. The van der Waals surface area contributed by atoms with Crippen LogP contribution >= 0.6 is 0 Å². The Morgan fingerprint density at radius 2 is 1.88 bits per heavy atom. The normalized spacial score (nSPS) is 38.6. The molecule has 0 saturated heterocycles. The molecule has 2 fully saturated rings. The molecule has 0 radical (unpaired) electrons. The number of hydrogen-bond acceptors (Lipinski definition) is 5. The molecular formula is C29H36O5. The van der Waals surface area contributed by atoms with Crippen molar-refractivity contribution < 1.29 is 24.2 Å². The van der Waals surface area contributed by atoms with Gasteiger partial charge in [0.15, 0.2) is 6.10 Å². The van der Waals surface area contributed by atoms with Crippen LogP contribution in [0.2, 0.25) is 0 Å². The number of fused-ring (bicyclic) bond motifs is 4. The largest absolute Gasteiger partial charge is 0.469 e. The number of carbonyl (C=O) groups is 1. The van der Waals surface area contributed by atoms with E-state index in [2.05, 4.69) is 13.8 Å². The van der Waals surface area contributed by atoms with E-state index in [1.165, 1.54) is 6.08 Å². The summed E-state index contributed by atoms with van der Waals surface area (Å²) in [4.78, 5) is 13.0. The molecule has 5 rings (SSSR count). The minimum Gasteiger partial charge on any atom is -0.469 e. The van der Waals surface area contributed by atoms with Crippen LogP contribution in [0.3, 0.4) is 0 Å². The van der Waals surface area contributed by atoms with Gasteiger partial charge in [0.1, 0.15) is 11.4 Å². The van der Waals surface area contributed by atoms with Crippen molar-refractivity contribution in [2.45, 2.75) is 77.1 Å². The number of benzene rings is 1. The molecule has 3 aliphatic carbocycles.